The quantitative estimate of drug-likeness (QED) is 0.239. The number of hydrogen-bond donors (Lipinski definition) is 0. The van der Waals surface area contributed by atoms with Gasteiger partial charge < -0.3 is 18.9 Å². The first kappa shape index (κ1) is 30.2. The molecule has 0 saturated heterocycles. The van der Waals surface area contributed by atoms with Crippen LogP contribution in [-0.2, 0) is 41.8 Å². The lowest BCUT2D eigenvalue weighted by Gasteiger charge is -2.31. The van der Waals surface area contributed by atoms with Gasteiger partial charge in [0.05, 0.1) is 44.5 Å². The van der Waals surface area contributed by atoms with Gasteiger partial charge in [-0.15, -0.1) is 0 Å². The van der Waals surface area contributed by atoms with Crippen molar-refractivity contribution in [2.45, 2.75) is 78.8 Å². The number of ether oxygens (including phenoxy) is 4. The average molecular weight is 575 g/mol. The van der Waals surface area contributed by atoms with Crippen LogP contribution in [0.2, 0.25) is 0 Å². The largest absolute Gasteiger partial charge is 0.497 e. The summed E-state index contributed by atoms with van der Waals surface area (Å²) in [5.41, 5.74) is 0.581. The number of esters is 1. The summed E-state index contributed by atoms with van der Waals surface area (Å²) in [5, 5.41) is 0. The molecule has 5 rings (SSSR count). The van der Waals surface area contributed by atoms with Crippen LogP contribution in [0.25, 0.3) is 0 Å². The molecule has 2 saturated carbocycles. The van der Waals surface area contributed by atoms with E-state index in [2.05, 4.69) is 13.8 Å². The van der Waals surface area contributed by atoms with Crippen LogP contribution < -0.4 is 4.74 Å². The second-order valence-electron chi connectivity index (χ2n) is 13.1. The third kappa shape index (κ3) is 5.33. The molecule has 7 heteroatoms. The van der Waals surface area contributed by atoms with Crippen LogP contribution in [0.5, 0.6) is 5.75 Å². The summed E-state index contributed by atoms with van der Waals surface area (Å²) in [6, 6.07) is 17.4. The predicted molar refractivity (Wildman–Crippen MR) is 158 cm³/mol. The van der Waals surface area contributed by atoms with Gasteiger partial charge in [-0.25, -0.2) is 0 Å². The normalized spacial score (nSPS) is 26.2. The molecule has 0 radical (unpaired) electrons. The van der Waals surface area contributed by atoms with Crippen LogP contribution in [0.15, 0.2) is 65.7 Å². The zero-order chi connectivity index (χ0) is 30.3. The topological polar surface area (TPSA) is 88.1 Å². The fourth-order valence-electron chi connectivity index (χ4n) is 7.64. The molecule has 2 fully saturated rings. The van der Waals surface area contributed by atoms with Crippen molar-refractivity contribution in [1.29, 1.82) is 0 Å². The van der Waals surface area contributed by atoms with Crippen molar-refractivity contribution in [3.05, 3.63) is 76.9 Å². The van der Waals surface area contributed by atoms with Crippen molar-refractivity contribution >= 4 is 17.5 Å². The van der Waals surface area contributed by atoms with Crippen molar-refractivity contribution in [2.75, 3.05) is 13.7 Å². The van der Waals surface area contributed by atoms with Crippen molar-refractivity contribution in [1.82, 2.24) is 0 Å². The predicted octanol–water partition coefficient (Wildman–Crippen LogP) is 6.03. The molecule has 224 valence electrons. The summed E-state index contributed by atoms with van der Waals surface area (Å²) in [5.74, 6) is -0.981. The van der Waals surface area contributed by atoms with Crippen molar-refractivity contribution in [2.24, 2.45) is 22.7 Å². The number of hydrogen-bond acceptors (Lipinski definition) is 7. The third-order valence-corrected chi connectivity index (χ3v) is 9.39. The van der Waals surface area contributed by atoms with Crippen LogP contribution >= 0.6 is 0 Å². The van der Waals surface area contributed by atoms with E-state index in [0.717, 1.165) is 16.9 Å². The summed E-state index contributed by atoms with van der Waals surface area (Å²) < 4.78 is 23.5. The molecule has 42 heavy (non-hydrogen) atoms. The minimum atomic E-state index is -1.28. The molecule has 4 atom stereocenters. The maximum Gasteiger partial charge on any atom is 0.313 e. The number of ketones is 2. The molecule has 2 aromatic rings. The Hall–Kier alpha value is -3.29. The van der Waals surface area contributed by atoms with E-state index >= 15 is 0 Å². The first-order chi connectivity index (χ1) is 19.9. The van der Waals surface area contributed by atoms with E-state index in [1.54, 1.807) is 27.9 Å². The number of benzene rings is 2. The Bertz CT molecular complexity index is 1370. The van der Waals surface area contributed by atoms with Gasteiger partial charge in [0.25, 0.3) is 0 Å². The van der Waals surface area contributed by atoms with Crippen LogP contribution in [-0.4, -0.2) is 43.0 Å². The standard InChI is InChI=1S/C35H42O7/c1-7-40-32(38)25-17-26-31(41-19-22-11-9-8-10-12-22)33(2,3)21-35(26)18-27(36)28(29(25)35)30(37)34(4,5)42-20-23-13-15-24(39-6)16-14-23/h8-16,25-26,31H,7,17-21H2,1-6H3/t25?,26-,31-,35+/m1/s1. The summed E-state index contributed by atoms with van der Waals surface area (Å²) >= 11 is 0. The molecule has 0 bridgehead atoms. The molecule has 3 aliphatic rings. The lowest BCUT2D eigenvalue weighted by atomic mass is 9.74. The highest BCUT2D eigenvalue weighted by Gasteiger charge is 2.69. The molecule has 0 aliphatic heterocycles. The third-order valence-electron chi connectivity index (χ3n) is 9.39. The second-order valence-corrected chi connectivity index (χ2v) is 13.1. The molecule has 1 spiro atoms. The van der Waals surface area contributed by atoms with Gasteiger partial charge in [0.1, 0.15) is 11.4 Å². The number of rotatable bonds is 11. The Morgan fingerprint density at radius 3 is 2.29 bits per heavy atom. The fourth-order valence-corrected chi connectivity index (χ4v) is 7.64. The van der Waals surface area contributed by atoms with Crippen molar-refractivity contribution < 1.29 is 33.3 Å². The van der Waals surface area contributed by atoms with Gasteiger partial charge in [0, 0.05) is 11.8 Å². The Balaban J connectivity index is 1.48. The average Bonchev–Trinajstić information content (AvgIpc) is 3.49. The van der Waals surface area contributed by atoms with Crippen LogP contribution in [0.4, 0.5) is 0 Å². The summed E-state index contributed by atoms with van der Waals surface area (Å²) in [6.45, 7) is 10.4. The van der Waals surface area contributed by atoms with Gasteiger partial charge in [-0.3, -0.25) is 14.4 Å². The van der Waals surface area contributed by atoms with Crippen LogP contribution in [0, 0.1) is 22.7 Å². The maximum absolute atomic E-state index is 14.2. The maximum atomic E-state index is 14.2. The highest BCUT2D eigenvalue weighted by molar-refractivity contribution is 6.25. The van der Waals surface area contributed by atoms with Crippen LogP contribution in [0.3, 0.4) is 0 Å². The first-order valence-corrected chi connectivity index (χ1v) is 14.8. The molecule has 2 aromatic carbocycles. The van der Waals surface area contributed by atoms with Gasteiger partial charge >= 0.3 is 5.97 Å². The van der Waals surface area contributed by atoms with E-state index in [9.17, 15) is 14.4 Å². The summed E-state index contributed by atoms with van der Waals surface area (Å²) in [7, 11) is 1.60. The highest BCUT2D eigenvalue weighted by Crippen LogP contribution is 2.70. The number of Topliss-reactive ketones (excluding diaryl/α,β-unsaturated/α-hetero) is 2. The Kier molecular flexibility index (Phi) is 8.20. The Morgan fingerprint density at radius 1 is 0.976 bits per heavy atom. The van der Waals surface area contributed by atoms with Crippen molar-refractivity contribution in [3.63, 3.8) is 0 Å². The van der Waals surface area contributed by atoms with Gasteiger partial charge in [0.15, 0.2) is 11.6 Å². The zero-order valence-electron chi connectivity index (χ0n) is 25.5. The number of carbonyl (C=O) groups is 3. The minimum absolute atomic E-state index is 0.0850. The summed E-state index contributed by atoms with van der Waals surface area (Å²) in [6.07, 6.45) is 1.17. The molecule has 0 N–H and O–H groups in total. The molecular formula is C35H42O7. The monoisotopic (exact) mass is 574 g/mol. The molecule has 0 amide bonds. The van der Waals surface area contributed by atoms with E-state index in [-0.39, 0.29) is 60.2 Å². The molecule has 0 heterocycles. The number of carbonyl (C=O) groups excluding carboxylic acids is 3. The van der Waals surface area contributed by atoms with Crippen molar-refractivity contribution in [3.8, 4) is 5.75 Å². The van der Waals surface area contributed by atoms with Gasteiger partial charge in [-0.05, 0) is 73.8 Å². The van der Waals surface area contributed by atoms with E-state index in [0.29, 0.717) is 25.0 Å². The van der Waals surface area contributed by atoms with Crippen LogP contribution in [0.1, 0.15) is 65.0 Å². The Morgan fingerprint density at radius 2 is 1.64 bits per heavy atom. The van der Waals surface area contributed by atoms with E-state index < -0.39 is 16.9 Å². The zero-order valence-corrected chi connectivity index (χ0v) is 25.5. The SMILES string of the molecule is CCOC(=O)C1C[C@@H]2[C@@H](OCc3ccccc3)C(C)(C)C[C@@]23CC(=O)C(C(=O)C(C)(C)OCc2ccc(OC)cc2)=C13. The molecule has 1 unspecified atom stereocenters. The summed E-state index contributed by atoms with van der Waals surface area (Å²) in [4.78, 5) is 41.4. The first-order valence-electron chi connectivity index (χ1n) is 14.8. The minimum Gasteiger partial charge on any atom is -0.497 e. The number of methoxy groups -OCH3 is 1. The smallest absolute Gasteiger partial charge is 0.313 e. The van der Waals surface area contributed by atoms with Gasteiger partial charge in [0.2, 0.25) is 0 Å². The lowest BCUT2D eigenvalue weighted by molar-refractivity contribution is -0.147. The lowest BCUT2D eigenvalue weighted by Crippen LogP contribution is -2.38. The fraction of sp³-hybridized carbons (Fsp3) is 0.514. The molecule has 7 nitrogen and oxygen atoms in total. The van der Waals surface area contributed by atoms with E-state index in [1.807, 2.05) is 54.6 Å². The Labute approximate surface area is 248 Å². The molecular weight excluding hydrogens is 532 g/mol. The van der Waals surface area contributed by atoms with E-state index in [1.165, 1.54) is 0 Å². The highest BCUT2D eigenvalue weighted by atomic mass is 16.5. The molecule has 3 aliphatic carbocycles. The van der Waals surface area contributed by atoms with Gasteiger partial charge in [-0.1, -0.05) is 56.3 Å². The molecule has 0 aromatic heterocycles. The second kappa shape index (κ2) is 11.4. The van der Waals surface area contributed by atoms with Gasteiger partial charge in [-0.2, -0.15) is 0 Å². The van der Waals surface area contributed by atoms with E-state index in [4.69, 9.17) is 18.9 Å².